The lowest BCUT2D eigenvalue weighted by Crippen LogP contribution is -2.17. The molecule has 0 N–H and O–H groups in total. The number of thiophene rings is 1. The van der Waals surface area contributed by atoms with Gasteiger partial charge in [-0.2, -0.15) is 0 Å². The van der Waals surface area contributed by atoms with E-state index in [1.807, 2.05) is 11.3 Å². The lowest BCUT2D eigenvalue weighted by molar-refractivity contribution is 1.23. The Hall–Kier alpha value is -9.54. The predicted octanol–water partition coefficient (Wildman–Crippen LogP) is 21.2. The van der Waals surface area contributed by atoms with Gasteiger partial charge in [0.2, 0.25) is 0 Å². The van der Waals surface area contributed by atoms with Gasteiger partial charge in [0.05, 0.1) is 17.1 Å². The summed E-state index contributed by atoms with van der Waals surface area (Å²) in [6.07, 6.45) is 0. The topological polar surface area (TPSA) is 6.48 Å². The van der Waals surface area contributed by atoms with E-state index in [2.05, 4.69) is 289 Å². The van der Waals surface area contributed by atoms with Crippen LogP contribution in [0.2, 0.25) is 0 Å². The standard InChI is InChI=1S/C72H46N2S/c1-3-20-47(21-4-1)48-38-40-50(41-39-48)73(67-36-19-34-63-57-29-11-10-27-55(57)60-31-15-17-35-66(60)74(72(63)67)49-22-5-2-6-23-49)51-42-43-59-62-44-45-69-71(64-33-16-18-37-68(64)75-69)70(62)61-32-14-13-28-56(61)53-25-8-7-24-52(53)54-26-9-12-30-58(54)65(59)46-51/h1-46H. The fraction of sp³-hybridized carbons (Fsp3) is 0. The van der Waals surface area contributed by atoms with Crippen LogP contribution in [0.5, 0.6) is 0 Å². The Morgan fingerprint density at radius 1 is 0.280 bits per heavy atom. The molecule has 3 heteroatoms. The van der Waals surface area contributed by atoms with Crippen LogP contribution in [0.4, 0.5) is 34.1 Å². The van der Waals surface area contributed by atoms with Gasteiger partial charge in [0.1, 0.15) is 0 Å². The van der Waals surface area contributed by atoms with Gasteiger partial charge in [-0.15, -0.1) is 11.3 Å². The van der Waals surface area contributed by atoms with E-state index in [4.69, 9.17) is 0 Å². The molecule has 0 bridgehead atoms. The van der Waals surface area contributed by atoms with E-state index in [1.54, 1.807) is 0 Å². The number of hydrogen-bond acceptors (Lipinski definition) is 3. The first kappa shape index (κ1) is 43.1. The van der Waals surface area contributed by atoms with Gasteiger partial charge < -0.3 is 9.80 Å². The zero-order chi connectivity index (χ0) is 49.4. The van der Waals surface area contributed by atoms with E-state index in [9.17, 15) is 0 Å². The Balaban J connectivity index is 1.11. The van der Waals surface area contributed by atoms with Gasteiger partial charge in [-0.3, -0.25) is 0 Å². The van der Waals surface area contributed by atoms with Crippen molar-refractivity contribution in [2.45, 2.75) is 0 Å². The van der Waals surface area contributed by atoms with Crippen LogP contribution in [-0.2, 0) is 0 Å². The highest BCUT2D eigenvalue weighted by Gasteiger charge is 2.31. The van der Waals surface area contributed by atoms with Crippen LogP contribution in [-0.4, -0.2) is 0 Å². The second-order valence-corrected chi connectivity index (χ2v) is 20.6. The number of nitrogens with zero attached hydrogens (tertiary/aromatic N) is 2. The van der Waals surface area contributed by atoms with Gasteiger partial charge in [-0.05, 0) is 137 Å². The summed E-state index contributed by atoms with van der Waals surface area (Å²) in [5.74, 6) is 0. The summed E-state index contributed by atoms with van der Waals surface area (Å²) in [5, 5.41) is 14.7. The fourth-order valence-electron chi connectivity index (χ4n) is 12.1. The Morgan fingerprint density at radius 3 is 1.47 bits per heavy atom. The summed E-state index contributed by atoms with van der Waals surface area (Å²) in [7, 11) is 0. The zero-order valence-corrected chi connectivity index (χ0v) is 41.7. The van der Waals surface area contributed by atoms with Gasteiger partial charge >= 0.3 is 0 Å². The average molecular weight is 971 g/mol. The molecule has 75 heavy (non-hydrogen) atoms. The lowest BCUT2D eigenvalue weighted by Gasteiger charge is -2.34. The molecule has 0 saturated carbocycles. The summed E-state index contributed by atoms with van der Waals surface area (Å²) >= 11 is 1.88. The largest absolute Gasteiger partial charge is 0.308 e. The maximum absolute atomic E-state index is 2.50. The van der Waals surface area contributed by atoms with Crippen LogP contribution in [0.3, 0.4) is 0 Å². The average Bonchev–Trinajstić information content (AvgIpc) is 3.87. The molecule has 0 fully saturated rings. The highest BCUT2D eigenvalue weighted by atomic mass is 32.1. The molecule has 0 unspecified atom stereocenters. The fourth-order valence-corrected chi connectivity index (χ4v) is 13.2. The molecule has 350 valence electrons. The van der Waals surface area contributed by atoms with Crippen molar-refractivity contribution in [3.05, 3.63) is 279 Å². The highest BCUT2D eigenvalue weighted by molar-refractivity contribution is 7.26. The van der Waals surface area contributed by atoms with Gasteiger partial charge in [-0.1, -0.05) is 218 Å². The first-order chi connectivity index (χ1) is 37.2. The first-order valence-corrected chi connectivity index (χ1v) is 26.6. The number of hydrogen-bond donors (Lipinski definition) is 0. The predicted molar refractivity (Wildman–Crippen MR) is 324 cm³/mol. The third-order valence-electron chi connectivity index (χ3n) is 15.4. The summed E-state index contributed by atoms with van der Waals surface area (Å²) in [6.45, 7) is 0. The van der Waals surface area contributed by atoms with E-state index >= 15 is 0 Å². The molecule has 0 atom stereocenters. The quantitative estimate of drug-likeness (QED) is 0.170. The molecule has 1 aliphatic rings. The third kappa shape index (κ3) is 6.93. The SMILES string of the molecule is c1ccc(-c2ccc(N(c3ccc4c(c3)c3ccccc3c3ccccc3c3ccccc3c3c4ccc4sc5ccccc5c43)c3cccc4c3N(c3ccccc3)c3ccccc3-c3ccccc3-4)cc2)cc1. The van der Waals surface area contributed by atoms with E-state index in [0.29, 0.717) is 0 Å². The Bertz CT molecular complexity index is 4650. The van der Waals surface area contributed by atoms with E-state index in [1.165, 1.54) is 102 Å². The van der Waals surface area contributed by atoms with Crippen LogP contribution in [0.1, 0.15) is 0 Å². The number of anilines is 6. The number of benzene rings is 12. The summed E-state index contributed by atoms with van der Waals surface area (Å²) in [6, 6.07) is 103. The molecule has 0 amide bonds. The van der Waals surface area contributed by atoms with Crippen LogP contribution in [0.25, 0.3) is 107 Å². The Kier molecular flexibility index (Phi) is 10.1. The molecule has 2 nitrogen and oxygen atoms in total. The van der Waals surface area contributed by atoms with Gasteiger partial charge in [0.15, 0.2) is 0 Å². The Morgan fingerprint density at radius 2 is 0.760 bits per heavy atom. The summed E-state index contributed by atoms with van der Waals surface area (Å²) < 4.78 is 2.58. The first-order valence-electron chi connectivity index (χ1n) is 25.7. The smallest absolute Gasteiger partial charge is 0.0781 e. The summed E-state index contributed by atoms with van der Waals surface area (Å²) in [4.78, 5) is 4.99. The van der Waals surface area contributed by atoms with Crippen LogP contribution in [0, 0.1) is 0 Å². The number of fused-ring (bicyclic) bond motifs is 19. The third-order valence-corrected chi connectivity index (χ3v) is 16.5. The second kappa shape index (κ2) is 17.6. The van der Waals surface area contributed by atoms with E-state index in [0.717, 1.165) is 39.7 Å². The molecule has 0 saturated heterocycles. The maximum atomic E-state index is 2.50. The minimum absolute atomic E-state index is 1.05. The minimum Gasteiger partial charge on any atom is -0.308 e. The lowest BCUT2D eigenvalue weighted by atomic mass is 9.92. The maximum Gasteiger partial charge on any atom is 0.0781 e. The molecular weight excluding hydrogens is 925 g/mol. The van der Waals surface area contributed by atoms with Crippen molar-refractivity contribution in [3.8, 4) is 33.4 Å². The van der Waals surface area contributed by atoms with Crippen molar-refractivity contribution in [3.63, 3.8) is 0 Å². The Labute approximate surface area is 439 Å². The molecule has 0 spiro atoms. The second-order valence-electron chi connectivity index (χ2n) is 19.5. The molecule has 14 aromatic rings. The molecule has 2 heterocycles. The molecule has 0 radical (unpaired) electrons. The van der Waals surface area contributed by atoms with Crippen molar-refractivity contribution < 1.29 is 0 Å². The number of para-hydroxylation sites is 3. The van der Waals surface area contributed by atoms with Gasteiger partial charge in [0, 0.05) is 48.4 Å². The van der Waals surface area contributed by atoms with E-state index < -0.39 is 0 Å². The number of rotatable bonds is 5. The van der Waals surface area contributed by atoms with Crippen LogP contribution >= 0.6 is 11.3 Å². The van der Waals surface area contributed by atoms with Crippen molar-refractivity contribution in [2.24, 2.45) is 0 Å². The molecular formula is C72H46N2S. The summed E-state index contributed by atoms with van der Waals surface area (Å²) in [5.41, 5.74) is 13.6. The molecule has 13 aromatic carbocycles. The normalized spacial score (nSPS) is 12.0. The minimum atomic E-state index is 1.05. The molecule has 1 aromatic heterocycles. The van der Waals surface area contributed by atoms with Crippen LogP contribution in [0.15, 0.2) is 279 Å². The zero-order valence-electron chi connectivity index (χ0n) is 40.9. The van der Waals surface area contributed by atoms with Gasteiger partial charge in [-0.25, -0.2) is 0 Å². The van der Waals surface area contributed by atoms with Crippen molar-refractivity contribution in [1.82, 2.24) is 0 Å². The highest BCUT2D eigenvalue weighted by Crippen LogP contribution is 2.56. The molecule has 15 rings (SSSR count). The molecule has 1 aliphatic heterocycles. The van der Waals surface area contributed by atoms with Crippen molar-refractivity contribution in [1.29, 1.82) is 0 Å². The monoisotopic (exact) mass is 970 g/mol. The van der Waals surface area contributed by atoms with Crippen LogP contribution < -0.4 is 9.80 Å². The van der Waals surface area contributed by atoms with Gasteiger partial charge in [0.25, 0.3) is 0 Å². The molecule has 0 aliphatic carbocycles. The van der Waals surface area contributed by atoms with Crippen molar-refractivity contribution >= 4 is 119 Å². The van der Waals surface area contributed by atoms with E-state index in [-0.39, 0.29) is 0 Å². The van der Waals surface area contributed by atoms with Crippen molar-refractivity contribution in [2.75, 3.05) is 9.80 Å².